The molecular weight excluding hydrogens is 280 g/mol. The molecule has 112 valence electrons. The topological polar surface area (TPSA) is 17.8 Å². The maximum Gasteiger partial charge on any atom is 0.145 e. The Hall–Kier alpha value is -2.87. The number of hydrogen-bond acceptors (Lipinski definition) is 1. The number of benzene rings is 3. The Kier molecular flexibility index (Phi) is 3.23. The van der Waals surface area contributed by atoms with Crippen LogP contribution in [0.25, 0.3) is 28.1 Å². The van der Waals surface area contributed by atoms with Gasteiger partial charge in [-0.1, -0.05) is 54.1 Å². The maximum atomic E-state index is 4.88. The van der Waals surface area contributed by atoms with Crippen LogP contribution in [0.5, 0.6) is 0 Å². The third-order valence-corrected chi connectivity index (χ3v) is 4.13. The summed E-state index contributed by atoms with van der Waals surface area (Å²) in [6, 6.07) is 25.4. The third kappa shape index (κ3) is 2.42. The van der Waals surface area contributed by atoms with Crippen LogP contribution in [0.15, 0.2) is 72.8 Å². The van der Waals surface area contributed by atoms with Gasteiger partial charge in [0.15, 0.2) is 0 Å². The highest BCUT2D eigenvalue weighted by atomic mass is 15.1. The van der Waals surface area contributed by atoms with Crippen molar-refractivity contribution in [1.29, 1.82) is 0 Å². The maximum absolute atomic E-state index is 4.88. The number of nitrogens with zero attached hydrogens (tertiary/aromatic N) is 2. The first-order valence-electron chi connectivity index (χ1n) is 7.84. The van der Waals surface area contributed by atoms with Crippen LogP contribution in [-0.4, -0.2) is 9.55 Å². The van der Waals surface area contributed by atoms with E-state index in [1.807, 2.05) is 6.07 Å². The summed E-state index contributed by atoms with van der Waals surface area (Å²) < 4.78 is 2.24. The van der Waals surface area contributed by atoms with Gasteiger partial charge >= 0.3 is 0 Å². The molecular formula is C21H18N2. The van der Waals surface area contributed by atoms with Gasteiger partial charge in [-0.05, 0) is 43.7 Å². The smallest absolute Gasteiger partial charge is 0.145 e. The Morgan fingerprint density at radius 1 is 0.739 bits per heavy atom. The zero-order valence-electron chi connectivity index (χ0n) is 13.3. The molecule has 4 aromatic rings. The molecule has 0 aliphatic heterocycles. The molecule has 0 saturated carbocycles. The fraction of sp³-hybridized carbons (Fsp3) is 0.0952. The van der Waals surface area contributed by atoms with E-state index in [2.05, 4.69) is 85.1 Å². The van der Waals surface area contributed by atoms with Gasteiger partial charge in [0, 0.05) is 11.3 Å². The molecule has 4 rings (SSSR count). The quantitative estimate of drug-likeness (QED) is 0.490. The molecule has 0 unspecified atom stereocenters. The van der Waals surface area contributed by atoms with E-state index in [-0.39, 0.29) is 0 Å². The largest absolute Gasteiger partial charge is 0.292 e. The van der Waals surface area contributed by atoms with Gasteiger partial charge in [0.05, 0.1) is 11.0 Å². The highest BCUT2D eigenvalue weighted by Gasteiger charge is 2.13. The summed E-state index contributed by atoms with van der Waals surface area (Å²) in [5.74, 6) is 0.983. The molecule has 3 aromatic carbocycles. The number of hydrogen-bond donors (Lipinski definition) is 0. The minimum atomic E-state index is 0.983. The molecule has 0 fully saturated rings. The van der Waals surface area contributed by atoms with Crippen LogP contribution in [0, 0.1) is 13.8 Å². The van der Waals surface area contributed by atoms with Gasteiger partial charge < -0.3 is 0 Å². The van der Waals surface area contributed by atoms with Crippen molar-refractivity contribution < 1.29 is 0 Å². The third-order valence-electron chi connectivity index (χ3n) is 4.13. The Labute approximate surface area is 136 Å². The number of rotatable bonds is 2. The van der Waals surface area contributed by atoms with Crippen molar-refractivity contribution in [3.05, 3.63) is 83.9 Å². The van der Waals surface area contributed by atoms with Crippen molar-refractivity contribution in [2.75, 3.05) is 0 Å². The van der Waals surface area contributed by atoms with E-state index in [9.17, 15) is 0 Å². The van der Waals surface area contributed by atoms with Crippen molar-refractivity contribution in [1.82, 2.24) is 9.55 Å². The predicted octanol–water partition coefficient (Wildman–Crippen LogP) is 5.31. The second-order valence-corrected chi connectivity index (χ2v) is 5.96. The molecule has 0 aliphatic carbocycles. The van der Waals surface area contributed by atoms with Crippen molar-refractivity contribution in [2.45, 2.75) is 13.8 Å². The summed E-state index contributed by atoms with van der Waals surface area (Å²) in [6.45, 7) is 4.22. The predicted molar refractivity (Wildman–Crippen MR) is 96.0 cm³/mol. The van der Waals surface area contributed by atoms with Crippen LogP contribution >= 0.6 is 0 Å². The summed E-state index contributed by atoms with van der Waals surface area (Å²) in [6.07, 6.45) is 0. The average Bonchev–Trinajstić information content (AvgIpc) is 2.95. The molecule has 2 heteroatoms. The minimum absolute atomic E-state index is 0.983. The average molecular weight is 298 g/mol. The number of imidazole rings is 1. The highest BCUT2D eigenvalue weighted by molar-refractivity contribution is 5.83. The van der Waals surface area contributed by atoms with E-state index in [4.69, 9.17) is 4.98 Å². The van der Waals surface area contributed by atoms with Crippen molar-refractivity contribution in [3.63, 3.8) is 0 Å². The number of fused-ring (bicyclic) bond motifs is 1. The molecule has 0 aliphatic rings. The SMILES string of the molecule is Cc1ccc(-c2nc3ccccc3n2-c2cccc(C)c2)cc1. The molecule has 0 saturated heterocycles. The van der Waals surface area contributed by atoms with Gasteiger partial charge in [-0.25, -0.2) is 4.98 Å². The zero-order valence-corrected chi connectivity index (χ0v) is 13.3. The van der Waals surface area contributed by atoms with Crippen LogP contribution in [0.3, 0.4) is 0 Å². The fourth-order valence-electron chi connectivity index (χ4n) is 2.95. The van der Waals surface area contributed by atoms with Gasteiger partial charge in [0.1, 0.15) is 5.82 Å². The van der Waals surface area contributed by atoms with Gasteiger partial charge in [-0.2, -0.15) is 0 Å². The van der Waals surface area contributed by atoms with Crippen LogP contribution in [0.1, 0.15) is 11.1 Å². The molecule has 1 heterocycles. The van der Waals surface area contributed by atoms with Crippen LogP contribution < -0.4 is 0 Å². The van der Waals surface area contributed by atoms with Crippen LogP contribution in [0.2, 0.25) is 0 Å². The number of aromatic nitrogens is 2. The first-order chi connectivity index (χ1) is 11.2. The summed E-state index contributed by atoms with van der Waals surface area (Å²) in [5, 5.41) is 0. The standard InChI is InChI=1S/C21H18N2/c1-15-10-12-17(13-11-15)21-22-19-8-3-4-9-20(19)23(21)18-7-5-6-16(2)14-18/h3-14H,1-2H3. The number of para-hydroxylation sites is 2. The van der Waals surface area contributed by atoms with E-state index in [1.165, 1.54) is 11.1 Å². The second kappa shape index (κ2) is 5.40. The lowest BCUT2D eigenvalue weighted by Crippen LogP contribution is -1.97. The van der Waals surface area contributed by atoms with E-state index in [1.54, 1.807) is 0 Å². The lowest BCUT2D eigenvalue weighted by molar-refractivity contribution is 1.10. The molecule has 23 heavy (non-hydrogen) atoms. The molecule has 0 bridgehead atoms. The second-order valence-electron chi connectivity index (χ2n) is 5.96. The van der Waals surface area contributed by atoms with Crippen LogP contribution in [-0.2, 0) is 0 Å². The van der Waals surface area contributed by atoms with Crippen molar-refractivity contribution in [3.8, 4) is 17.1 Å². The van der Waals surface area contributed by atoms with E-state index < -0.39 is 0 Å². The molecule has 0 radical (unpaired) electrons. The van der Waals surface area contributed by atoms with Crippen molar-refractivity contribution >= 4 is 11.0 Å². The Bertz CT molecular complexity index is 978. The Morgan fingerprint density at radius 2 is 1.52 bits per heavy atom. The fourth-order valence-corrected chi connectivity index (χ4v) is 2.95. The highest BCUT2D eigenvalue weighted by Crippen LogP contribution is 2.29. The molecule has 1 aromatic heterocycles. The van der Waals surface area contributed by atoms with Gasteiger partial charge in [0.25, 0.3) is 0 Å². The molecule has 2 nitrogen and oxygen atoms in total. The normalized spacial score (nSPS) is 11.0. The first kappa shape index (κ1) is 13.8. The Morgan fingerprint density at radius 3 is 2.30 bits per heavy atom. The van der Waals surface area contributed by atoms with Gasteiger partial charge in [-0.3, -0.25) is 4.57 Å². The first-order valence-corrected chi connectivity index (χ1v) is 7.84. The number of aryl methyl sites for hydroxylation is 2. The van der Waals surface area contributed by atoms with E-state index >= 15 is 0 Å². The van der Waals surface area contributed by atoms with Crippen LogP contribution in [0.4, 0.5) is 0 Å². The molecule has 0 atom stereocenters. The summed E-state index contributed by atoms with van der Waals surface area (Å²) in [5.41, 5.74) is 6.93. The zero-order chi connectivity index (χ0) is 15.8. The lowest BCUT2D eigenvalue weighted by Gasteiger charge is -2.10. The van der Waals surface area contributed by atoms with E-state index in [0.29, 0.717) is 0 Å². The van der Waals surface area contributed by atoms with Gasteiger partial charge in [-0.15, -0.1) is 0 Å². The summed E-state index contributed by atoms with van der Waals surface area (Å²) >= 11 is 0. The lowest BCUT2D eigenvalue weighted by atomic mass is 10.1. The molecule has 0 spiro atoms. The monoisotopic (exact) mass is 298 g/mol. The van der Waals surface area contributed by atoms with Crippen molar-refractivity contribution in [2.24, 2.45) is 0 Å². The molecule has 0 N–H and O–H groups in total. The Balaban J connectivity index is 2.04. The van der Waals surface area contributed by atoms with E-state index in [0.717, 1.165) is 28.1 Å². The molecule has 0 amide bonds. The summed E-state index contributed by atoms with van der Waals surface area (Å²) in [7, 11) is 0. The summed E-state index contributed by atoms with van der Waals surface area (Å²) in [4.78, 5) is 4.88. The van der Waals surface area contributed by atoms with Gasteiger partial charge in [0.2, 0.25) is 0 Å². The minimum Gasteiger partial charge on any atom is -0.292 e.